The molecule has 0 saturated heterocycles. The van der Waals surface area contributed by atoms with Crippen molar-refractivity contribution in [3.63, 3.8) is 0 Å². The number of aromatic nitrogens is 3. The fourth-order valence-corrected chi connectivity index (χ4v) is 5.13. The number of methoxy groups -OCH3 is 1. The fraction of sp³-hybridized carbons (Fsp3) is 0.250. The minimum Gasteiger partial charge on any atom is -0.465 e. The van der Waals surface area contributed by atoms with Crippen molar-refractivity contribution in [3.05, 3.63) is 52.8 Å². The van der Waals surface area contributed by atoms with Crippen molar-refractivity contribution in [3.8, 4) is 22.9 Å². The third-order valence-electron chi connectivity index (χ3n) is 4.99. The van der Waals surface area contributed by atoms with Gasteiger partial charge in [-0.2, -0.15) is 0 Å². The molecule has 0 spiro atoms. The van der Waals surface area contributed by atoms with Gasteiger partial charge in [-0.05, 0) is 43.7 Å². The van der Waals surface area contributed by atoms with Crippen molar-refractivity contribution in [2.75, 3.05) is 24.8 Å². The van der Waals surface area contributed by atoms with Crippen LogP contribution in [0.15, 0.2) is 50.8 Å². The molecule has 192 valence electrons. The molecular weight excluding hydrogens is 520 g/mol. The molecule has 0 unspecified atom stereocenters. The highest BCUT2D eigenvalue weighted by molar-refractivity contribution is 7.99. The molecule has 4 rings (SSSR count). The van der Waals surface area contributed by atoms with Gasteiger partial charge in [0.05, 0.1) is 31.8 Å². The smallest absolute Gasteiger partial charge is 0.348 e. The standard InChI is InChI=1S/C24H22N4O7S2/c1-4-33-23(31)20-13(2)17(22(30)32-3)21(37-20)25-16(29)9-12-36-24-26-18(14-7-5-10-34-14)19(27-28-24)15-8-6-11-35-15/h5-8,10-11H,4,9,12H2,1-3H3,(H,25,29). The molecule has 1 amide bonds. The Hall–Kier alpha value is -3.97. The first-order chi connectivity index (χ1) is 17.9. The monoisotopic (exact) mass is 542 g/mol. The highest BCUT2D eigenvalue weighted by atomic mass is 32.2. The molecule has 1 N–H and O–H groups in total. The number of nitrogens with one attached hydrogen (secondary N) is 1. The number of carbonyl (C=O) groups is 3. The molecule has 4 aromatic heterocycles. The van der Waals surface area contributed by atoms with Crippen molar-refractivity contribution in [2.24, 2.45) is 0 Å². The summed E-state index contributed by atoms with van der Waals surface area (Å²) in [4.78, 5) is 42.0. The second-order valence-electron chi connectivity index (χ2n) is 7.37. The average Bonchev–Trinajstić information content (AvgIpc) is 3.66. The highest BCUT2D eigenvalue weighted by Crippen LogP contribution is 2.35. The molecule has 0 saturated carbocycles. The summed E-state index contributed by atoms with van der Waals surface area (Å²) in [6.45, 7) is 3.47. The van der Waals surface area contributed by atoms with Crippen LogP contribution >= 0.6 is 23.1 Å². The molecule has 0 radical (unpaired) electrons. The van der Waals surface area contributed by atoms with E-state index in [9.17, 15) is 14.4 Å². The van der Waals surface area contributed by atoms with E-state index >= 15 is 0 Å². The number of ether oxygens (including phenoxy) is 2. The SMILES string of the molecule is CCOC(=O)c1sc(NC(=O)CCSc2nnc(-c3ccco3)c(-c3ccco3)n2)c(C(=O)OC)c1C. The van der Waals surface area contributed by atoms with Gasteiger partial charge in [-0.25, -0.2) is 14.6 Å². The van der Waals surface area contributed by atoms with Crippen molar-refractivity contribution < 1.29 is 32.7 Å². The zero-order chi connectivity index (χ0) is 26.4. The van der Waals surface area contributed by atoms with E-state index in [4.69, 9.17) is 18.3 Å². The first-order valence-corrected chi connectivity index (χ1v) is 12.9. The van der Waals surface area contributed by atoms with Crippen molar-refractivity contribution in [1.29, 1.82) is 0 Å². The number of thiophene rings is 1. The Kier molecular flexibility index (Phi) is 8.36. The van der Waals surface area contributed by atoms with Crippen LogP contribution in [0.25, 0.3) is 22.9 Å². The molecule has 4 heterocycles. The second-order valence-corrected chi connectivity index (χ2v) is 9.45. The van der Waals surface area contributed by atoms with Crippen LogP contribution < -0.4 is 5.32 Å². The molecule has 11 nitrogen and oxygen atoms in total. The Morgan fingerprint density at radius 2 is 1.76 bits per heavy atom. The molecule has 13 heteroatoms. The molecule has 4 aromatic rings. The second kappa shape index (κ2) is 11.8. The van der Waals surface area contributed by atoms with Crippen molar-refractivity contribution >= 4 is 45.9 Å². The minimum absolute atomic E-state index is 0.0797. The number of esters is 2. The van der Waals surface area contributed by atoms with Gasteiger partial charge in [0.25, 0.3) is 0 Å². The maximum Gasteiger partial charge on any atom is 0.348 e. The summed E-state index contributed by atoms with van der Waals surface area (Å²) in [6, 6.07) is 6.98. The molecule has 0 aliphatic heterocycles. The lowest BCUT2D eigenvalue weighted by molar-refractivity contribution is -0.115. The number of thioether (sulfide) groups is 1. The summed E-state index contributed by atoms with van der Waals surface area (Å²) in [5.41, 5.74) is 1.41. The maximum atomic E-state index is 12.7. The summed E-state index contributed by atoms with van der Waals surface area (Å²) in [5.74, 6) is -0.259. The topological polar surface area (TPSA) is 147 Å². The third-order valence-corrected chi connectivity index (χ3v) is 7.01. The average molecular weight is 543 g/mol. The lowest BCUT2D eigenvalue weighted by Crippen LogP contribution is -2.14. The number of hydrogen-bond acceptors (Lipinski definition) is 12. The maximum absolute atomic E-state index is 12.7. The van der Waals surface area contributed by atoms with Gasteiger partial charge >= 0.3 is 11.9 Å². The van der Waals surface area contributed by atoms with E-state index in [1.54, 1.807) is 38.1 Å². The molecule has 0 atom stereocenters. The Morgan fingerprint density at radius 3 is 2.38 bits per heavy atom. The zero-order valence-electron chi connectivity index (χ0n) is 20.1. The van der Waals surface area contributed by atoms with Crippen LogP contribution in [0.3, 0.4) is 0 Å². The fourth-order valence-electron chi connectivity index (χ4n) is 3.30. The summed E-state index contributed by atoms with van der Waals surface area (Å²) in [7, 11) is 1.23. The zero-order valence-corrected chi connectivity index (χ0v) is 21.7. The van der Waals surface area contributed by atoms with Gasteiger partial charge in [-0.3, -0.25) is 4.79 Å². The number of rotatable bonds is 10. The van der Waals surface area contributed by atoms with E-state index in [2.05, 4.69) is 20.5 Å². The Bertz CT molecular complexity index is 1400. The normalized spacial score (nSPS) is 10.8. The lowest BCUT2D eigenvalue weighted by atomic mass is 10.1. The highest BCUT2D eigenvalue weighted by Gasteiger charge is 2.27. The van der Waals surface area contributed by atoms with Crippen molar-refractivity contribution in [1.82, 2.24) is 15.2 Å². The van der Waals surface area contributed by atoms with Crippen LogP contribution in [0.5, 0.6) is 0 Å². The summed E-state index contributed by atoms with van der Waals surface area (Å²) in [6.07, 6.45) is 3.14. The van der Waals surface area contributed by atoms with Gasteiger partial charge in [0.2, 0.25) is 11.1 Å². The van der Waals surface area contributed by atoms with Crippen LogP contribution in [0, 0.1) is 6.92 Å². The summed E-state index contributed by atoms with van der Waals surface area (Å²) in [5, 5.41) is 11.7. The number of anilines is 1. The van der Waals surface area contributed by atoms with E-state index in [0.29, 0.717) is 39.4 Å². The van der Waals surface area contributed by atoms with Gasteiger partial charge in [-0.1, -0.05) is 11.8 Å². The number of amides is 1. The van der Waals surface area contributed by atoms with Gasteiger partial charge in [0, 0.05) is 12.2 Å². The first kappa shape index (κ1) is 26.1. The van der Waals surface area contributed by atoms with E-state index in [1.165, 1.54) is 31.4 Å². The van der Waals surface area contributed by atoms with E-state index < -0.39 is 11.9 Å². The van der Waals surface area contributed by atoms with Gasteiger partial charge in [0.15, 0.2) is 17.2 Å². The van der Waals surface area contributed by atoms with E-state index in [0.717, 1.165) is 11.3 Å². The van der Waals surface area contributed by atoms with Gasteiger partial charge in [0.1, 0.15) is 15.6 Å². The predicted octanol–water partition coefficient (Wildman–Crippen LogP) is 4.85. The first-order valence-electron chi connectivity index (χ1n) is 11.1. The third kappa shape index (κ3) is 5.89. The minimum atomic E-state index is -0.657. The molecule has 0 fully saturated rings. The number of hydrogen-bond donors (Lipinski definition) is 1. The van der Waals surface area contributed by atoms with Crippen molar-refractivity contribution in [2.45, 2.75) is 25.4 Å². The number of nitrogens with zero attached hydrogens (tertiary/aromatic N) is 3. The lowest BCUT2D eigenvalue weighted by Gasteiger charge is -2.07. The number of carbonyl (C=O) groups excluding carboxylic acids is 3. The molecule has 0 aliphatic rings. The molecule has 0 bridgehead atoms. The Labute approximate surface area is 219 Å². The summed E-state index contributed by atoms with van der Waals surface area (Å²) >= 11 is 2.20. The molecule has 37 heavy (non-hydrogen) atoms. The number of furan rings is 2. The quantitative estimate of drug-likeness (QED) is 0.217. The van der Waals surface area contributed by atoms with E-state index in [1.807, 2.05) is 0 Å². The van der Waals surface area contributed by atoms with Crippen LogP contribution in [-0.2, 0) is 14.3 Å². The van der Waals surface area contributed by atoms with E-state index in [-0.39, 0.29) is 34.4 Å². The van der Waals surface area contributed by atoms with Gasteiger partial charge < -0.3 is 23.6 Å². The molecule has 0 aromatic carbocycles. The van der Waals surface area contributed by atoms with Crippen LogP contribution in [0.2, 0.25) is 0 Å². The Morgan fingerprint density at radius 1 is 1.05 bits per heavy atom. The molecular formula is C24H22N4O7S2. The largest absolute Gasteiger partial charge is 0.465 e. The van der Waals surface area contributed by atoms with Crippen LogP contribution in [0.1, 0.15) is 38.9 Å². The molecule has 0 aliphatic carbocycles. The predicted molar refractivity (Wildman–Crippen MR) is 136 cm³/mol. The van der Waals surface area contributed by atoms with Crippen LogP contribution in [0.4, 0.5) is 5.00 Å². The summed E-state index contributed by atoms with van der Waals surface area (Å²) < 4.78 is 20.8. The van der Waals surface area contributed by atoms with Gasteiger partial charge in [-0.15, -0.1) is 21.5 Å². The van der Waals surface area contributed by atoms with Crippen LogP contribution in [-0.4, -0.2) is 52.5 Å². The Balaban J connectivity index is 1.45.